The average Bonchev–Trinajstić information content (AvgIpc) is 2.58. The van der Waals surface area contributed by atoms with Gasteiger partial charge in [0.2, 0.25) is 0 Å². The highest BCUT2D eigenvalue weighted by atomic mass is 79.9. The summed E-state index contributed by atoms with van der Waals surface area (Å²) < 4.78 is 2.68. The third-order valence-corrected chi connectivity index (χ3v) is 3.65. The average molecular weight is 259 g/mol. The monoisotopic (exact) mass is 258 g/mol. The summed E-state index contributed by atoms with van der Waals surface area (Å²) in [6.45, 7) is 2.18. The molecule has 2 atom stereocenters. The quantitative estimate of drug-likeness (QED) is 0.839. The smallest absolute Gasteiger partial charge is 0.108 e. The molecule has 0 amide bonds. The van der Waals surface area contributed by atoms with Crippen LogP contribution in [0.25, 0.3) is 0 Å². The lowest BCUT2D eigenvalue weighted by molar-refractivity contribution is 0.0317. The number of aliphatic hydroxyl groups is 1. The van der Waals surface area contributed by atoms with Crippen molar-refractivity contribution in [1.29, 1.82) is 0 Å². The largest absolute Gasteiger partial charge is 0.384 e. The molecule has 0 aliphatic heterocycles. The maximum atomic E-state index is 10.5. The second-order valence-electron chi connectivity index (χ2n) is 4.34. The minimum Gasteiger partial charge on any atom is -0.384 e. The number of hydrogen-bond acceptors (Lipinski definition) is 2. The van der Waals surface area contributed by atoms with Gasteiger partial charge in [-0.2, -0.15) is 5.10 Å². The molecule has 1 saturated carbocycles. The first-order chi connectivity index (χ1) is 6.53. The summed E-state index contributed by atoms with van der Waals surface area (Å²) in [6, 6.07) is 0. The minimum absolute atomic E-state index is 0.599. The lowest BCUT2D eigenvalue weighted by atomic mass is 9.96. The Labute approximate surface area is 92.2 Å². The standard InChI is InChI=1S/C10H15BrN2O/c1-7-3-4-10(14,5-7)9-8(11)6-12-13(9)2/h6-7,14H,3-5H2,1-2H3. The summed E-state index contributed by atoms with van der Waals surface area (Å²) in [6.07, 6.45) is 4.52. The van der Waals surface area contributed by atoms with Gasteiger partial charge in [-0.05, 0) is 41.1 Å². The first kappa shape index (κ1) is 10.2. The Bertz CT molecular complexity index is 330. The Balaban J connectivity index is 2.39. The summed E-state index contributed by atoms with van der Waals surface area (Å²) in [5.41, 5.74) is 0.241. The van der Waals surface area contributed by atoms with Gasteiger partial charge < -0.3 is 5.11 Å². The summed E-state index contributed by atoms with van der Waals surface area (Å²) in [5, 5.41) is 14.6. The number of nitrogens with zero attached hydrogens (tertiary/aromatic N) is 2. The summed E-state index contributed by atoms with van der Waals surface area (Å²) >= 11 is 3.44. The summed E-state index contributed by atoms with van der Waals surface area (Å²) in [7, 11) is 1.88. The van der Waals surface area contributed by atoms with E-state index in [9.17, 15) is 5.11 Å². The van der Waals surface area contributed by atoms with Crippen molar-refractivity contribution < 1.29 is 5.11 Å². The Kier molecular flexibility index (Phi) is 2.43. The fraction of sp³-hybridized carbons (Fsp3) is 0.700. The van der Waals surface area contributed by atoms with Gasteiger partial charge in [0.15, 0.2) is 0 Å². The molecule has 1 fully saturated rings. The van der Waals surface area contributed by atoms with Gasteiger partial charge in [-0.3, -0.25) is 4.68 Å². The highest BCUT2D eigenvalue weighted by molar-refractivity contribution is 9.10. The molecule has 2 unspecified atom stereocenters. The zero-order valence-electron chi connectivity index (χ0n) is 8.50. The third-order valence-electron chi connectivity index (χ3n) is 3.07. The van der Waals surface area contributed by atoms with Crippen LogP contribution in [0.15, 0.2) is 10.7 Å². The second kappa shape index (κ2) is 3.35. The van der Waals surface area contributed by atoms with Crippen molar-refractivity contribution in [3.05, 3.63) is 16.4 Å². The SMILES string of the molecule is CC1CCC(O)(c2c(Br)cnn2C)C1. The molecule has 14 heavy (non-hydrogen) atoms. The van der Waals surface area contributed by atoms with E-state index in [0.717, 1.165) is 29.4 Å². The number of halogens is 1. The molecular formula is C10H15BrN2O. The normalized spacial score (nSPS) is 32.4. The lowest BCUT2D eigenvalue weighted by Gasteiger charge is -2.23. The van der Waals surface area contributed by atoms with E-state index in [1.165, 1.54) is 0 Å². The molecular weight excluding hydrogens is 244 g/mol. The highest BCUT2D eigenvalue weighted by Crippen LogP contribution is 2.43. The van der Waals surface area contributed by atoms with Crippen LogP contribution in [0.1, 0.15) is 31.9 Å². The molecule has 4 heteroatoms. The Hall–Kier alpha value is -0.350. The van der Waals surface area contributed by atoms with Crippen molar-refractivity contribution in [3.8, 4) is 0 Å². The van der Waals surface area contributed by atoms with Gasteiger partial charge in [-0.1, -0.05) is 6.92 Å². The Morgan fingerprint density at radius 1 is 1.71 bits per heavy atom. The zero-order chi connectivity index (χ0) is 10.3. The predicted octanol–water partition coefficient (Wildman–Crippen LogP) is 2.19. The molecule has 78 valence electrons. The molecule has 3 nitrogen and oxygen atoms in total. The molecule has 0 spiro atoms. The van der Waals surface area contributed by atoms with E-state index in [1.54, 1.807) is 10.9 Å². The zero-order valence-corrected chi connectivity index (χ0v) is 10.1. The van der Waals surface area contributed by atoms with Crippen molar-refractivity contribution in [2.45, 2.75) is 31.8 Å². The van der Waals surface area contributed by atoms with Crippen LogP contribution in [0.4, 0.5) is 0 Å². The van der Waals surface area contributed by atoms with E-state index >= 15 is 0 Å². The molecule has 0 bridgehead atoms. The van der Waals surface area contributed by atoms with Crippen LogP contribution in [0, 0.1) is 5.92 Å². The van der Waals surface area contributed by atoms with Gasteiger partial charge in [0, 0.05) is 7.05 Å². The van der Waals surface area contributed by atoms with E-state index < -0.39 is 5.60 Å². The van der Waals surface area contributed by atoms with Crippen LogP contribution in [-0.4, -0.2) is 14.9 Å². The van der Waals surface area contributed by atoms with Crippen LogP contribution in [0.2, 0.25) is 0 Å². The number of aryl methyl sites for hydroxylation is 1. The molecule has 1 N–H and O–H groups in total. The number of aromatic nitrogens is 2. The molecule has 2 rings (SSSR count). The molecule has 0 saturated heterocycles. The van der Waals surface area contributed by atoms with Crippen molar-refractivity contribution in [2.75, 3.05) is 0 Å². The lowest BCUT2D eigenvalue weighted by Crippen LogP contribution is -2.25. The molecule has 0 radical (unpaired) electrons. The molecule has 1 heterocycles. The second-order valence-corrected chi connectivity index (χ2v) is 5.20. The molecule has 1 aromatic rings. The van der Waals surface area contributed by atoms with Crippen molar-refractivity contribution in [1.82, 2.24) is 9.78 Å². The summed E-state index contributed by atoms with van der Waals surface area (Å²) in [5.74, 6) is 0.599. The van der Waals surface area contributed by atoms with Crippen molar-refractivity contribution in [3.63, 3.8) is 0 Å². The van der Waals surface area contributed by atoms with Crippen LogP contribution in [0.5, 0.6) is 0 Å². The first-order valence-electron chi connectivity index (χ1n) is 4.93. The summed E-state index contributed by atoms with van der Waals surface area (Å²) in [4.78, 5) is 0. The molecule has 1 aliphatic carbocycles. The van der Waals surface area contributed by atoms with Crippen LogP contribution >= 0.6 is 15.9 Å². The van der Waals surface area contributed by atoms with Crippen LogP contribution < -0.4 is 0 Å². The van der Waals surface area contributed by atoms with Gasteiger partial charge in [0.25, 0.3) is 0 Å². The Morgan fingerprint density at radius 3 is 2.86 bits per heavy atom. The van der Waals surface area contributed by atoms with E-state index in [4.69, 9.17) is 0 Å². The topological polar surface area (TPSA) is 38.1 Å². The predicted molar refractivity (Wildman–Crippen MR) is 57.8 cm³/mol. The van der Waals surface area contributed by atoms with Crippen molar-refractivity contribution >= 4 is 15.9 Å². The first-order valence-corrected chi connectivity index (χ1v) is 5.72. The number of rotatable bonds is 1. The van der Waals surface area contributed by atoms with Gasteiger partial charge in [0.05, 0.1) is 16.4 Å². The number of hydrogen-bond donors (Lipinski definition) is 1. The highest BCUT2D eigenvalue weighted by Gasteiger charge is 2.40. The van der Waals surface area contributed by atoms with E-state index in [0.29, 0.717) is 5.92 Å². The van der Waals surface area contributed by atoms with E-state index in [2.05, 4.69) is 28.0 Å². The fourth-order valence-corrected chi connectivity index (χ4v) is 3.13. The molecule has 1 aromatic heterocycles. The van der Waals surface area contributed by atoms with Crippen molar-refractivity contribution in [2.24, 2.45) is 13.0 Å². The van der Waals surface area contributed by atoms with Gasteiger partial charge in [0.1, 0.15) is 5.60 Å². The van der Waals surface area contributed by atoms with E-state index in [-0.39, 0.29) is 0 Å². The van der Waals surface area contributed by atoms with Gasteiger partial charge in [-0.15, -0.1) is 0 Å². The molecule has 1 aliphatic rings. The molecule has 0 aromatic carbocycles. The Morgan fingerprint density at radius 2 is 2.43 bits per heavy atom. The van der Waals surface area contributed by atoms with Gasteiger partial charge in [-0.25, -0.2) is 0 Å². The minimum atomic E-state index is -0.677. The maximum Gasteiger partial charge on any atom is 0.108 e. The van der Waals surface area contributed by atoms with Crippen LogP contribution in [0.3, 0.4) is 0 Å². The fourth-order valence-electron chi connectivity index (χ4n) is 2.42. The third kappa shape index (κ3) is 1.50. The van der Waals surface area contributed by atoms with Gasteiger partial charge >= 0.3 is 0 Å². The maximum absolute atomic E-state index is 10.5. The van der Waals surface area contributed by atoms with E-state index in [1.807, 2.05) is 7.05 Å². The van der Waals surface area contributed by atoms with Crippen LogP contribution in [-0.2, 0) is 12.6 Å².